The van der Waals surface area contributed by atoms with E-state index < -0.39 is 0 Å². The third kappa shape index (κ3) is 2.84. The van der Waals surface area contributed by atoms with Crippen LogP contribution in [0.3, 0.4) is 0 Å². The third-order valence-electron chi connectivity index (χ3n) is 6.01. The Morgan fingerprint density at radius 3 is 2.47 bits per heavy atom. The Labute approximate surface area is 118 Å². The molecule has 2 rings (SSSR count). The van der Waals surface area contributed by atoms with Gasteiger partial charge >= 0.3 is 0 Å². The smallest absolute Gasteiger partial charge is 0.0737 e. The molecule has 2 fully saturated rings. The molecule has 3 heteroatoms. The van der Waals surface area contributed by atoms with Crippen LogP contribution in [0.15, 0.2) is 0 Å². The molecule has 0 aliphatic carbocycles. The number of ether oxygens (including phenoxy) is 2. The minimum absolute atomic E-state index is 0.311. The van der Waals surface area contributed by atoms with E-state index in [2.05, 4.69) is 39.5 Å². The molecule has 5 atom stereocenters. The summed E-state index contributed by atoms with van der Waals surface area (Å²) in [7, 11) is 0. The Hall–Kier alpha value is -0.120. The first-order valence-corrected chi connectivity index (χ1v) is 7.95. The van der Waals surface area contributed by atoms with Crippen LogP contribution >= 0.6 is 0 Å². The lowest BCUT2D eigenvalue weighted by Crippen LogP contribution is -2.43. The monoisotopic (exact) mass is 269 g/mol. The molecule has 0 spiro atoms. The first-order valence-electron chi connectivity index (χ1n) is 7.95. The Morgan fingerprint density at radius 1 is 1.26 bits per heavy atom. The molecule has 0 aromatic heterocycles. The molecule has 0 aromatic carbocycles. The van der Waals surface area contributed by atoms with E-state index in [1.54, 1.807) is 0 Å². The number of hydrogen-bond acceptors (Lipinski definition) is 3. The highest BCUT2D eigenvalue weighted by atomic mass is 16.5. The van der Waals surface area contributed by atoms with Gasteiger partial charge in [0.05, 0.1) is 25.4 Å². The predicted octanol–water partition coefficient (Wildman–Crippen LogP) is 2.79. The molecule has 0 bridgehead atoms. The highest BCUT2D eigenvalue weighted by Gasteiger charge is 2.51. The van der Waals surface area contributed by atoms with E-state index in [1.807, 2.05) is 0 Å². The molecule has 2 aliphatic heterocycles. The van der Waals surface area contributed by atoms with Crippen LogP contribution in [0.4, 0.5) is 0 Å². The molecule has 2 heterocycles. The van der Waals surface area contributed by atoms with Crippen LogP contribution in [0.5, 0.6) is 0 Å². The fourth-order valence-electron chi connectivity index (χ4n) is 3.83. The minimum Gasteiger partial charge on any atom is -0.379 e. The maximum Gasteiger partial charge on any atom is 0.0737 e. The van der Waals surface area contributed by atoms with Gasteiger partial charge in [-0.15, -0.1) is 0 Å². The first kappa shape index (κ1) is 15.3. The Balaban J connectivity index is 2.00. The number of hydrogen-bond donors (Lipinski definition) is 0. The molecule has 3 nitrogen and oxygen atoms in total. The number of nitrogens with zero attached hydrogens (tertiary/aromatic N) is 1. The summed E-state index contributed by atoms with van der Waals surface area (Å²) in [5.41, 5.74) is 0.311. The Bertz CT molecular complexity index is 290. The molecule has 0 radical (unpaired) electrons. The Kier molecular flexibility index (Phi) is 4.91. The molecule has 19 heavy (non-hydrogen) atoms. The van der Waals surface area contributed by atoms with Gasteiger partial charge in [-0.2, -0.15) is 0 Å². The SMILES string of the molecule is CCC(C)[C@]1(C)[C@H](C)O[C@H](CN2CCOCC2)[C@H]1C. The second kappa shape index (κ2) is 6.11. The first-order chi connectivity index (χ1) is 9.00. The van der Waals surface area contributed by atoms with Gasteiger partial charge in [0.25, 0.3) is 0 Å². The van der Waals surface area contributed by atoms with E-state index in [1.165, 1.54) is 6.42 Å². The molecule has 1 unspecified atom stereocenters. The molecule has 0 N–H and O–H groups in total. The summed E-state index contributed by atoms with van der Waals surface area (Å²) in [5.74, 6) is 1.34. The van der Waals surface area contributed by atoms with Crippen molar-refractivity contribution >= 4 is 0 Å². The predicted molar refractivity (Wildman–Crippen MR) is 78.3 cm³/mol. The summed E-state index contributed by atoms with van der Waals surface area (Å²) in [5, 5.41) is 0. The third-order valence-corrected chi connectivity index (χ3v) is 6.01. The van der Waals surface area contributed by atoms with Gasteiger partial charge in [0.15, 0.2) is 0 Å². The van der Waals surface area contributed by atoms with Crippen LogP contribution in [0.25, 0.3) is 0 Å². The van der Waals surface area contributed by atoms with Gasteiger partial charge in [-0.3, -0.25) is 4.90 Å². The zero-order valence-corrected chi connectivity index (χ0v) is 13.3. The van der Waals surface area contributed by atoms with E-state index in [0.29, 0.717) is 29.5 Å². The zero-order chi connectivity index (χ0) is 14.0. The lowest BCUT2D eigenvalue weighted by molar-refractivity contribution is -0.0207. The highest BCUT2D eigenvalue weighted by Crippen LogP contribution is 2.49. The van der Waals surface area contributed by atoms with Crippen molar-refractivity contribution in [2.45, 2.75) is 53.2 Å². The average Bonchev–Trinajstić information content (AvgIpc) is 2.64. The summed E-state index contributed by atoms with van der Waals surface area (Å²) in [6, 6.07) is 0. The molecular weight excluding hydrogens is 238 g/mol. The lowest BCUT2D eigenvalue weighted by Gasteiger charge is -2.38. The summed E-state index contributed by atoms with van der Waals surface area (Å²) in [6.07, 6.45) is 1.98. The molecular formula is C16H31NO2. The number of rotatable bonds is 4. The zero-order valence-electron chi connectivity index (χ0n) is 13.3. The van der Waals surface area contributed by atoms with Gasteiger partial charge in [0, 0.05) is 25.0 Å². The highest BCUT2D eigenvalue weighted by molar-refractivity contribution is 4.99. The molecule has 0 aromatic rings. The fourth-order valence-corrected chi connectivity index (χ4v) is 3.83. The van der Waals surface area contributed by atoms with Gasteiger partial charge in [0.1, 0.15) is 0 Å². The van der Waals surface area contributed by atoms with Gasteiger partial charge in [-0.25, -0.2) is 0 Å². The van der Waals surface area contributed by atoms with Crippen molar-refractivity contribution in [2.75, 3.05) is 32.8 Å². The van der Waals surface area contributed by atoms with Crippen LogP contribution in [-0.2, 0) is 9.47 Å². The standard InChI is InChI=1S/C16H31NO2/c1-6-12(2)16(5)13(3)15(19-14(16)4)11-17-7-9-18-10-8-17/h12-15H,6-11H2,1-5H3/t12?,13-,14+,15-,16+/m1/s1. The number of morpholine rings is 1. The molecule has 2 saturated heterocycles. The van der Waals surface area contributed by atoms with Gasteiger partial charge in [-0.1, -0.05) is 34.1 Å². The van der Waals surface area contributed by atoms with E-state index in [0.717, 1.165) is 32.8 Å². The normalized spacial score (nSPS) is 42.5. The van der Waals surface area contributed by atoms with E-state index in [-0.39, 0.29) is 0 Å². The molecule has 0 amide bonds. The van der Waals surface area contributed by atoms with E-state index >= 15 is 0 Å². The van der Waals surface area contributed by atoms with Crippen LogP contribution in [-0.4, -0.2) is 50.0 Å². The van der Waals surface area contributed by atoms with Gasteiger partial charge in [0.2, 0.25) is 0 Å². The summed E-state index contributed by atoms with van der Waals surface area (Å²) >= 11 is 0. The minimum atomic E-state index is 0.311. The van der Waals surface area contributed by atoms with Crippen LogP contribution in [0.1, 0.15) is 41.0 Å². The Morgan fingerprint density at radius 2 is 1.89 bits per heavy atom. The van der Waals surface area contributed by atoms with E-state index in [4.69, 9.17) is 9.47 Å². The molecule has 2 aliphatic rings. The summed E-state index contributed by atoms with van der Waals surface area (Å²) in [4.78, 5) is 2.50. The second-order valence-corrected chi connectivity index (χ2v) is 6.69. The van der Waals surface area contributed by atoms with Gasteiger partial charge in [-0.05, 0) is 18.8 Å². The van der Waals surface area contributed by atoms with Crippen molar-refractivity contribution in [3.8, 4) is 0 Å². The maximum atomic E-state index is 6.33. The van der Waals surface area contributed by atoms with Crippen molar-refractivity contribution in [3.05, 3.63) is 0 Å². The van der Waals surface area contributed by atoms with Crippen molar-refractivity contribution in [3.63, 3.8) is 0 Å². The molecule has 0 saturated carbocycles. The lowest BCUT2D eigenvalue weighted by atomic mass is 9.65. The van der Waals surface area contributed by atoms with Gasteiger partial charge < -0.3 is 9.47 Å². The second-order valence-electron chi connectivity index (χ2n) is 6.69. The van der Waals surface area contributed by atoms with Crippen LogP contribution in [0.2, 0.25) is 0 Å². The largest absolute Gasteiger partial charge is 0.379 e. The van der Waals surface area contributed by atoms with Crippen LogP contribution < -0.4 is 0 Å². The molecule has 112 valence electrons. The average molecular weight is 269 g/mol. The van der Waals surface area contributed by atoms with Crippen molar-refractivity contribution < 1.29 is 9.47 Å². The van der Waals surface area contributed by atoms with Crippen molar-refractivity contribution in [2.24, 2.45) is 17.3 Å². The summed E-state index contributed by atoms with van der Waals surface area (Å²) < 4.78 is 11.8. The quantitative estimate of drug-likeness (QED) is 0.783. The summed E-state index contributed by atoms with van der Waals surface area (Å²) in [6.45, 7) is 16.7. The van der Waals surface area contributed by atoms with E-state index in [9.17, 15) is 0 Å². The fraction of sp³-hybridized carbons (Fsp3) is 1.00. The topological polar surface area (TPSA) is 21.7 Å². The van der Waals surface area contributed by atoms with Crippen molar-refractivity contribution in [1.82, 2.24) is 4.90 Å². The maximum absolute atomic E-state index is 6.33. The van der Waals surface area contributed by atoms with Crippen molar-refractivity contribution in [1.29, 1.82) is 0 Å². The van der Waals surface area contributed by atoms with Crippen LogP contribution in [0, 0.1) is 17.3 Å².